The Balaban J connectivity index is 1.16. The van der Waals surface area contributed by atoms with E-state index < -0.39 is 17.6 Å². The molecule has 2 aromatic carbocycles. The molecule has 214 valence electrons. The molecule has 6 rings (SSSR count). The first kappa shape index (κ1) is 27.5. The second-order valence-electron chi connectivity index (χ2n) is 10.4. The van der Waals surface area contributed by atoms with Crippen molar-refractivity contribution in [3.8, 4) is 11.9 Å². The molecule has 42 heavy (non-hydrogen) atoms. The van der Waals surface area contributed by atoms with Crippen molar-refractivity contribution in [3.05, 3.63) is 94.5 Å². The summed E-state index contributed by atoms with van der Waals surface area (Å²) in [6.45, 7) is 2.99. The first-order chi connectivity index (χ1) is 20.4. The van der Waals surface area contributed by atoms with Gasteiger partial charge in [0.25, 0.3) is 0 Å². The molecule has 2 aliphatic rings. The van der Waals surface area contributed by atoms with Crippen LogP contribution >= 0.6 is 0 Å². The summed E-state index contributed by atoms with van der Waals surface area (Å²) in [6, 6.07) is 13.4. The van der Waals surface area contributed by atoms with Gasteiger partial charge in [0, 0.05) is 37.4 Å². The molecule has 2 aromatic heterocycles. The van der Waals surface area contributed by atoms with Gasteiger partial charge in [-0.05, 0) is 48.7 Å². The first-order valence-electron chi connectivity index (χ1n) is 13.6. The highest BCUT2D eigenvalue weighted by atomic mass is 19.1. The molecule has 1 fully saturated rings. The highest BCUT2D eigenvalue weighted by Gasteiger charge is 2.24. The fourth-order valence-electron chi connectivity index (χ4n) is 5.15. The Bertz CT molecular complexity index is 1740. The number of rotatable bonds is 9. The van der Waals surface area contributed by atoms with E-state index in [9.17, 15) is 18.7 Å². The molecule has 9 nitrogen and oxygen atoms in total. The van der Waals surface area contributed by atoms with Crippen LogP contribution in [0.2, 0.25) is 0 Å². The molecule has 0 saturated carbocycles. The van der Waals surface area contributed by atoms with Gasteiger partial charge in [-0.2, -0.15) is 5.26 Å². The van der Waals surface area contributed by atoms with Gasteiger partial charge in [0.1, 0.15) is 24.1 Å². The summed E-state index contributed by atoms with van der Waals surface area (Å²) in [5.41, 5.74) is 3.50. The van der Waals surface area contributed by atoms with Crippen LogP contribution in [0.1, 0.15) is 45.8 Å². The van der Waals surface area contributed by atoms with E-state index in [1.807, 2.05) is 12.1 Å². The maximum Gasteiger partial charge on any atom is 0.335 e. The van der Waals surface area contributed by atoms with Crippen molar-refractivity contribution in [1.82, 2.24) is 19.4 Å². The normalized spacial score (nSPS) is 17.0. The lowest BCUT2D eigenvalue weighted by molar-refractivity contribution is -0.0591. The SMILES string of the molecule is N#Cc1ccc(COc2cc(F)cc(C3=CCN(Cc4nc5ccc(C(=O)O)cc5n4C[C@@H]4CCO4)CC3)n2)c(F)c1. The Labute approximate surface area is 240 Å². The van der Waals surface area contributed by atoms with Crippen molar-refractivity contribution in [1.29, 1.82) is 5.26 Å². The number of hydrogen-bond donors (Lipinski definition) is 1. The second-order valence-corrected chi connectivity index (χ2v) is 10.4. The lowest BCUT2D eigenvalue weighted by Gasteiger charge is -2.29. The third kappa shape index (κ3) is 5.86. The van der Waals surface area contributed by atoms with Gasteiger partial charge in [0.15, 0.2) is 0 Å². The third-order valence-electron chi connectivity index (χ3n) is 7.57. The van der Waals surface area contributed by atoms with Gasteiger partial charge in [0.05, 0.1) is 53.1 Å². The maximum absolute atomic E-state index is 14.5. The fourth-order valence-corrected chi connectivity index (χ4v) is 5.15. The predicted molar refractivity (Wildman–Crippen MR) is 149 cm³/mol. The van der Waals surface area contributed by atoms with E-state index in [2.05, 4.69) is 14.5 Å². The van der Waals surface area contributed by atoms with E-state index in [1.165, 1.54) is 18.2 Å². The molecule has 0 aliphatic carbocycles. The van der Waals surface area contributed by atoms with Gasteiger partial charge in [-0.25, -0.2) is 23.5 Å². The molecule has 4 heterocycles. The van der Waals surface area contributed by atoms with Crippen molar-refractivity contribution < 1.29 is 28.2 Å². The molecule has 2 aliphatic heterocycles. The van der Waals surface area contributed by atoms with Crippen LogP contribution in [-0.4, -0.2) is 56.3 Å². The van der Waals surface area contributed by atoms with Crippen LogP contribution in [0.3, 0.4) is 0 Å². The Kier molecular flexibility index (Phi) is 7.65. The molecule has 0 unspecified atom stereocenters. The summed E-state index contributed by atoms with van der Waals surface area (Å²) in [4.78, 5) is 23.0. The van der Waals surface area contributed by atoms with Crippen molar-refractivity contribution in [2.45, 2.75) is 38.6 Å². The fraction of sp³-hybridized carbons (Fsp3) is 0.290. The van der Waals surface area contributed by atoms with Gasteiger partial charge in [-0.1, -0.05) is 12.1 Å². The molecule has 0 radical (unpaired) electrons. The monoisotopic (exact) mass is 571 g/mol. The van der Waals surface area contributed by atoms with Gasteiger partial charge in [0.2, 0.25) is 5.88 Å². The van der Waals surface area contributed by atoms with Crippen LogP contribution in [-0.2, 0) is 24.4 Å². The number of hydrogen-bond acceptors (Lipinski definition) is 7. The summed E-state index contributed by atoms with van der Waals surface area (Å²) in [5.74, 6) is -1.19. The van der Waals surface area contributed by atoms with Crippen LogP contribution in [0.4, 0.5) is 8.78 Å². The topological polar surface area (TPSA) is 114 Å². The zero-order valence-corrected chi connectivity index (χ0v) is 22.6. The van der Waals surface area contributed by atoms with E-state index in [1.54, 1.807) is 18.2 Å². The zero-order valence-electron chi connectivity index (χ0n) is 22.6. The minimum Gasteiger partial charge on any atom is -0.478 e. The standard InChI is InChI=1S/C31H27F2N5O4/c32-23-13-27(36-30(14-23)42-18-22-2-1-19(15-34)11-25(22)33)20-5-8-37(9-6-20)17-29-35-26-4-3-21(31(39)40)12-28(26)38(29)16-24-7-10-41-24/h1-5,11-14,24H,6-10,16-18H2,(H,39,40)/t24-/m0/s1. The lowest BCUT2D eigenvalue weighted by Crippen LogP contribution is -2.33. The molecule has 0 amide bonds. The molecule has 4 aromatic rings. The van der Waals surface area contributed by atoms with Crippen LogP contribution < -0.4 is 4.74 Å². The number of pyridine rings is 1. The van der Waals surface area contributed by atoms with E-state index in [0.29, 0.717) is 38.3 Å². The summed E-state index contributed by atoms with van der Waals surface area (Å²) in [7, 11) is 0. The number of carbonyl (C=O) groups is 1. The maximum atomic E-state index is 14.5. The third-order valence-corrected chi connectivity index (χ3v) is 7.57. The largest absolute Gasteiger partial charge is 0.478 e. The highest BCUT2D eigenvalue weighted by molar-refractivity contribution is 5.92. The number of nitrogens with zero attached hydrogens (tertiary/aromatic N) is 5. The molecular weight excluding hydrogens is 544 g/mol. The predicted octanol–water partition coefficient (Wildman–Crippen LogP) is 4.94. The molecule has 0 bridgehead atoms. The Morgan fingerprint density at radius 1 is 1.17 bits per heavy atom. The van der Waals surface area contributed by atoms with Crippen LogP contribution in [0, 0.1) is 23.0 Å². The molecule has 1 saturated heterocycles. The number of imidazole rings is 1. The van der Waals surface area contributed by atoms with Crippen molar-refractivity contribution >= 4 is 22.6 Å². The minimum absolute atomic E-state index is 0.0461. The average Bonchev–Trinajstić information content (AvgIpc) is 3.30. The van der Waals surface area contributed by atoms with Crippen molar-refractivity contribution in [3.63, 3.8) is 0 Å². The number of benzene rings is 2. The minimum atomic E-state index is -0.985. The average molecular weight is 572 g/mol. The van der Waals surface area contributed by atoms with E-state index in [4.69, 9.17) is 19.7 Å². The first-order valence-corrected chi connectivity index (χ1v) is 13.6. The van der Waals surface area contributed by atoms with Gasteiger partial charge in [-0.3, -0.25) is 4.90 Å². The molecule has 0 spiro atoms. The van der Waals surface area contributed by atoms with Crippen LogP contribution in [0.5, 0.6) is 5.88 Å². The number of ether oxygens (including phenoxy) is 2. The molecule has 1 atom stereocenters. The summed E-state index contributed by atoms with van der Waals surface area (Å²) in [6.07, 6.45) is 3.64. The molecule has 1 N–H and O–H groups in total. The number of aromatic nitrogens is 3. The van der Waals surface area contributed by atoms with Gasteiger partial charge in [-0.15, -0.1) is 0 Å². The number of carboxylic acids is 1. The van der Waals surface area contributed by atoms with Crippen LogP contribution in [0.25, 0.3) is 16.6 Å². The number of fused-ring (bicyclic) bond motifs is 1. The summed E-state index contributed by atoms with van der Waals surface area (Å²) >= 11 is 0. The zero-order chi connectivity index (χ0) is 29.2. The molecule has 11 heteroatoms. The number of nitriles is 1. The number of aromatic carboxylic acids is 1. The lowest BCUT2D eigenvalue weighted by atomic mass is 10.0. The quantitative estimate of drug-likeness (QED) is 0.301. The summed E-state index contributed by atoms with van der Waals surface area (Å²) in [5, 5.41) is 18.4. The highest BCUT2D eigenvalue weighted by Crippen LogP contribution is 2.27. The Hall–Kier alpha value is -4.66. The Morgan fingerprint density at radius 2 is 2.02 bits per heavy atom. The van der Waals surface area contributed by atoms with Crippen LogP contribution in [0.15, 0.2) is 54.6 Å². The van der Waals surface area contributed by atoms with Gasteiger partial charge >= 0.3 is 5.97 Å². The van der Waals surface area contributed by atoms with Crippen molar-refractivity contribution in [2.24, 2.45) is 0 Å². The van der Waals surface area contributed by atoms with E-state index in [-0.39, 0.29) is 35.3 Å². The molecular formula is C31H27F2N5O4. The van der Waals surface area contributed by atoms with Gasteiger partial charge < -0.3 is 19.1 Å². The second kappa shape index (κ2) is 11.7. The van der Waals surface area contributed by atoms with Crippen molar-refractivity contribution in [2.75, 3.05) is 19.7 Å². The summed E-state index contributed by atoms with van der Waals surface area (Å²) < 4.78 is 42.0. The number of halogens is 2. The van der Waals surface area contributed by atoms with E-state index >= 15 is 0 Å². The number of carboxylic acid groups (broad SMARTS) is 1. The van der Waals surface area contributed by atoms with E-state index in [0.717, 1.165) is 47.6 Å². The smallest absolute Gasteiger partial charge is 0.335 e. The Morgan fingerprint density at radius 3 is 2.71 bits per heavy atom.